The van der Waals surface area contributed by atoms with Gasteiger partial charge in [0.25, 0.3) is 0 Å². The summed E-state index contributed by atoms with van der Waals surface area (Å²) < 4.78 is 5.99. The number of carbonyl (C=O) groups is 1. The van der Waals surface area contributed by atoms with Crippen LogP contribution in [0, 0.1) is 19.8 Å². The van der Waals surface area contributed by atoms with Crippen molar-refractivity contribution < 1.29 is 14.6 Å². The first-order valence-electron chi connectivity index (χ1n) is 7.01. The zero-order valence-corrected chi connectivity index (χ0v) is 11.5. The molecular weight excluding hydrogens is 240 g/mol. The fourth-order valence-electron chi connectivity index (χ4n) is 2.56. The normalized spacial score (nSPS) is 20.1. The summed E-state index contributed by atoms with van der Waals surface area (Å²) in [6.07, 6.45) is 3.93. The van der Waals surface area contributed by atoms with Crippen molar-refractivity contribution in [3.05, 3.63) is 28.8 Å². The van der Waals surface area contributed by atoms with E-state index in [0.29, 0.717) is 5.92 Å². The fraction of sp³-hybridized carbons (Fsp3) is 0.562. The van der Waals surface area contributed by atoms with Crippen molar-refractivity contribution in [1.29, 1.82) is 0 Å². The highest BCUT2D eigenvalue weighted by molar-refractivity contribution is 5.86. The van der Waals surface area contributed by atoms with E-state index < -0.39 is 11.4 Å². The topological polar surface area (TPSA) is 46.5 Å². The Morgan fingerprint density at radius 1 is 1.37 bits per heavy atom. The molecule has 0 aromatic heterocycles. The Hall–Kier alpha value is -1.51. The second-order valence-corrected chi connectivity index (χ2v) is 6.03. The summed E-state index contributed by atoms with van der Waals surface area (Å²) in [5.41, 5.74) is 2.45. The number of hydrogen-bond acceptors (Lipinski definition) is 2. The molecule has 0 radical (unpaired) electrons. The molecule has 0 saturated heterocycles. The predicted octanol–water partition coefficient (Wildman–Crippen LogP) is 3.21. The van der Waals surface area contributed by atoms with Gasteiger partial charge in [-0.05, 0) is 56.6 Å². The van der Waals surface area contributed by atoms with E-state index in [9.17, 15) is 9.90 Å². The minimum Gasteiger partial charge on any atom is -0.493 e. The Morgan fingerprint density at radius 2 is 2.05 bits per heavy atom. The highest BCUT2D eigenvalue weighted by Crippen LogP contribution is 2.52. The molecule has 19 heavy (non-hydrogen) atoms. The minimum absolute atomic E-state index is 0.674. The molecule has 0 bridgehead atoms. The number of rotatable bonds is 5. The molecule has 0 heterocycles. The largest absolute Gasteiger partial charge is 0.493 e. The van der Waals surface area contributed by atoms with Gasteiger partial charge in [0.15, 0.2) is 0 Å². The van der Waals surface area contributed by atoms with Crippen molar-refractivity contribution in [2.45, 2.75) is 44.9 Å². The van der Waals surface area contributed by atoms with Crippen molar-refractivity contribution in [3.63, 3.8) is 0 Å². The van der Waals surface area contributed by atoms with Gasteiger partial charge in [-0.3, -0.25) is 4.79 Å². The van der Waals surface area contributed by atoms with Gasteiger partial charge in [-0.15, -0.1) is 0 Å². The molecule has 0 atom stereocenters. The number of benzene rings is 1. The van der Waals surface area contributed by atoms with E-state index in [4.69, 9.17) is 4.74 Å². The zero-order chi connectivity index (χ0) is 13.6. The van der Waals surface area contributed by atoms with Crippen LogP contribution in [0.15, 0.2) is 12.1 Å². The number of carboxylic acid groups (broad SMARTS) is 1. The average molecular weight is 260 g/mol. The quantitative estimate of drug-likeness (QED) is 0.884. The first kappa shape index (κ1) is 12.5. The predicted molar refractivity (Wildman–Crippen MR) is 72.7 cm³/mol. The first-order chi connectivity index (χ1) is 9.04. The fourth-order valence-corrected chi connectivity index (χ4v) is 2.56. The van der Waals surface area contributed by atoms with Crippen LogP contribution in [0.25, 0.3) is 0 Å². The van der Waals surface area contributed by atoms with Crippen LogP contribution in [0.5, 0.6) is 5.75 Å². The van der Waals surface area contributed by atoms with Crippen molar-refractivity contribution in [2.75, 3.05) is 6.61 Å². The third-order valence-corrected chi connectivity index (χ3v) is 4.51. The number of carboxylic acids is 1. The molecule has 3 nitrogen and oxygen atoms in total. The maximum absolute atomic E-state index is 11.5. The zero-order valence-electron chi connectivity index (χ0n) is 11.5. The number of aliphatic carboxylic acids is 1. The van der Waals surface area contributed by atoms with Gasteiger partial charge in [0.1, 0.15) is 5.75 Å². The third-order valence-electron chi connectivity index (χ3n) is 4.51. The summed E-state index contributed by atoms with van der Waals surface area (Å²) in [7, 11) is 0. The van der Waals surface area contributed by atoms with E-state index >= 15 is 0 Å². The summed E-state index contributed by atoms with van der Waals surface area (Å²) in [5.74, 6) is 0.784. The van der Waals surface area contributed by atoms with Crippen molar-refractivity contribution in [3.8, 4) is 5.75 Å². The molecule has 2 aliphatic rings. The maximum Gasteiger partial charge on any atom is 0.314 e. The Bertz CT molecular complexity index is 525. The Labute approximate surface area is 113 Å². The highest BCUT2D eigenvalue weighted by atomic mass is 16.5. The van der Waals surface area contributed by atoms with Crippen LogP contribution >= 0.6 is 0 Å². The Morgan fingerprint density at radius 3 is 2.58 bits per heavy atom. The van der Waals surface area contributed by atoms with Crippen LogP contribution in [0.1, 0.15) is 42.4 Å². The molecule has 0 unspecified atom stereocenters. The van der Waals surface area contributed by atoms with E-state index in [1.54, 1.807) is 0 Å². The average Bonchev–Trinajstić information content (AvgIpc) is 3.25. The summed E-state index contributed by atoms with van der Waals surface area (Å²) in [5, 5.41) is 9.48. The second kappa shape index (κ2) is 4.26. The summed E-state index contributed by atoms with van der Waals surface area (Å²) in [4.78, 5) is 11.5. The molecular formula is C16H20O3. The van der Waals surface area contributed by atoms with Gasteiger partial charge < -0.3 is 9.84 Å². The molecule has 3 rings (SSSR count). The van der Waals surface area contributed by atoms with Crippen molar-refractivity contribution >= 4 is 5.97 Å². The van der Waals surface area contributed by atoms with Crippen molar-refractivity contribution in [2.24, 2.45) is 5.92 Å². The van der Waals surface area contributed by atoms with Gasteiger partial charge in [0.05, 0.1) is 12.0 Å². The summed E-state index contributed by atoms with van der Waals surface area (Å²) >= 11 is 0. The van der Waals surface area contributed by atoms with Gasteiger partial charge in [-0.25, -0.2) is 0 Å². The van der Waals surface area contributed by atoms with E-state index in [0.717, 1.165) is 41.9 Å². The van der Waals surface area contributed by atoms with Crippen LogP contribution in [-0.4, -0.2) is 17.7 Å². The van der Waals surface area contributed by atoms with Gasteiger partial charge in [0.2, 0.25) is 0 Å². The lowest BCUT2D eigenvalue weighted by Gasteiger charge is -2.20. The van der Waals surface area contributed by atoms with Crippen LogP contribution in [-0.2, 0) is 10.2 Å². The van der Waals surface area contributed by atoms with E-state index in [2.05, 4.69) is 0 Å². The molecule has 102 valence electrons. The molecule has 1 N–H and O–H groups in total. The van der Waals surface area contributed by atoms with Crippen molar-refractivity contribution in [1.82, 2.24) is 0 Å². The van der Waals surface area contributed by atoms with Gasteiger partial charge in [-0.1, -0.05) is 12.1 Å². The molecule has 0 spiro atoms. The van der Waals surface area contributed by atoms with Crippen LogP contribution in [0.3, 0.4) is 0 Å². The Kier molecular flexibility index (Phi) is 2.80. The lowest BCUT2D eigenvalue weighted by atomic mass is 9.91. The molecule has 2 saturated carbocycles. The summed E-state index contributed by atoms with van der Waals surface area (Å²) in [6, 6.07) is 3.96. The molecule has 2 fully saturated rings. The molecule has 1 aromatic rings. The molecule has 1 aromatic carbocycles. The lowest BCUT2D eigenvalue weighted by molar-refractivity contribution is -0.140. The smallest absolute Gasteiger partial charge is 0.314 e. The maximum atomic E-state index is 11.5. The minimum atomic E-state index is -0.716. The van der Waals surface area contributed by atoms with Gasteiger partial charge >= 0.3 is 5.97 Å². The lowest BCUT2D eigenvalue weighted by Crippen LogP contribution is -2.21. The molecule has 2 aliphatic carbocycles. The third kappa shape index (κ3) is 2.11. The monoisotopic (exact) mass is 260 g/mol. The first-order valence-corrected chi connectivity index (χ1v) is 7.01. The van der Waals surface area contributed by atoms with E-state index in [1.165, 1.54) is 12.8 Å². The van der Waals surface area contributed by atoms with Crippen LogP contribution in [0.4, 0.5) is 0 Å². The molecule has 0 aliphatic heterocycles. The van der Waals surface area contributed by atoms with Crippen LogP contribution in [0.2, 0.25) is 0 Å². The summed E-state index contributed by atoms with van der Waals surface area (Å²) in [6.45, 7) is 4.80. The number of ether oxygens (including phenoxy) is 1. The van der Waals surface area contributed by atoms with Gasteiger partial charge in [0, 0.05) is 5.56 Å². The number of hydrogen-bond donors (Lipinski definition) is 1. The second-order valence-electron chi connectivity index (χ2n) is 6.03. The molecule has 3 heteroatoms. The van der Waals surface area contributed by atoms with E-state index in [1.807, 2.05) is 26.0 Å². The standard InChI is InChI=1S/C16H20O3/c1-10-3-6-13(16(7-8-16)15(17)18)14(11(10)2)19-9-12-4-5-12/h3,6,12H,4-5,7-9H2,1-2H3,(H,17,18). The van der Waals surface area contributed by atoms with Gasteiger partial charge in [-0.2, -0.15) is 0 Å². The SMILES string of the molecule is Cc1ccc(C2(C(=O)O)CC2)c(OCC2CC2)c1C. The molecule has 0 amide bonds. The van der Waals surface area contributed by atoms with Crippen LogP contribution < -0.4 is 4.74 Å². The number of aryl methyl sites for hydroxylation is 1. The highest BCUT2D eigenvalue weighted by Gasteiger charge is 2.53. The Balaban J connectivity index is 1.97. The van der Waals surface area contributed by atoms with E-state index in [-0.39, 0.29) is 0 Å².